The lowest BCUT2D eigenvalue weighted by Gasteiger charge is -2.18. The summed E-state index contributed by atoms with van der Waals surface area (Å²) in [6, 6.07) is 15.8. The standard InChI is InChI=1S/C21H20ClN5O2/c22-15-6-5-7-16(14-15)27-13-10-19(25-27)20(28)23-17-8-1-2-9-18(17)24-21(29)26-11-3-4-12-26/h1-2,5-10,13-14H,3-4,11-12H2,(H,23,28)(H,24,29). The molecule has 3 amide bonds. The first-order chi connectivity index (χ1) is 14.1. The molecule has 0 atom stereocenters. The van der Waals surface area contributed by atoms with E-state index in [0.717, 1.165) is 31.6 Å². The molecule has 0 bridgehead atoms. The summed E-state index contributed by atoms with van der Waals surface area (Å²) in [6.45, 7) is 1.50. The van der Waals surface area contributed by atoms with Gasteiger partial charge in [0.1, 0.15) is 0 Å². The third kappa shape index (κ3) is 4.41. The van der Waals surface area contributed by atoms with E-state index in [1.165, 1.54) is 0 Å². The Morgan fingerprint density at radius 3 is 2.38 bits per heavy atom. The number of benzene rings is 2. The van der Waals surface area contributed by atoms with E-state index in [0.29, 0.717) is 16.4 Å². The highest BCUT2D eigenvalue weighted by Gasteiger charge is 2.19. The van der Waals surface area contributed by atoms with Crippen molar-refractivity contribution in [1.82, 2.24) is 14.7 Å². The van der Waals surface area contributed by atoms with Crippen molar-refractivity contribution < 1.29 is 9.59 Å². The number of urea groups is 1. The predicted molar refractivity (Wildman–Crippen MR) is 113 cm³/mol. The van der Waals surface area contributed by atoms with Crippen LogP contribution in [0.25, 0.3) is 5.69 Å². The maximum atomic E-state index is 12.7. The lowest BCUT2D eigenvalue weighted by atomic mass is 10.2. The zero-order chi connectivity index (χ0) is 20.2. The number of halogens is 1. The second-order valence-corrected chi connectivity index (χ2v) is 7.19. The molecule has 1 fully saturated rings. The Labute approximate surface area is 173 Å². The predicted octanol–water partition coefficient (Wildman–Crippen LogP) is 4.41. The number of hydrogen-bond donors (Lipinski definition) is 2. The molecule has 4 rings (SSSR count). The van der Waals surface area contributed by atoms with Crippen molar-refractivity contribution in [2.45, 2.75) is 12.8 Å². The number of carbonyl (C=O) groups is 2. The van der Waals surface area contributed by atoms with Crippen LogP contribution < -0.4 is 10.6 Å². The third-order valence-electron chi connectivity index (χ3n) is 4.70. The normalized spacial score (nSPS) is 13.3. The van der Waals surface area contributed by atoms with Crippen LogP contribution in [0, 0.1) is 0 Å². The van der Waals surface area contributed by atoms with E-state index < -0.39 is 0 Å². The molecule has 3 aromatic rings. The van der Waals surface area contributed by atoms with Gasteiger partial charge >= 0.3 is 6.03 Å². The minimum Gasteiger partial charge on any atom is -0.325 e. The number of carbonyl (C=O) groups excluding carboxylic acids is 2. The minimum atomic E-state index is -0.367. The summed E-state index contributed by atoms with van der Waals surface area (Å²) in [5.41, 5.74) is 2.08. The first-order valence-corrected chi connectivity index (χ1v) is 9.76. The molecule has 2 heterocycles. The van der Waals surface area contributed by atoms with Gasteiger partial charge in [0.15, 0.2) is 5.69 Å². The fourth-order valence-electron chi connectivity index (χ4n) is 3.21. The number of nitrogens with one attached hydrogen (secondary N) is 2. The zero-order valence-electron chi connectivity index (χ0n) is 15.6. The molecular weight excluding hydrogens is 390 g/mol. The van der Waals surface area contributed by atoms with Crippen molar-refractivity contribution in [2.24, 2.45) is 0 Å². The van der Waals surface area contributed by atoms with Crippen molar-refractivity contribution in [3.63, 3.8) is 0 Å². The molecule has 0 saturated carbocycles. The van der Waals surface area contributed by atoms with Gasteiger partial charge in [-0.25, -0.2) is 9.48 Å². The van der Waals surface area contributed by atoms with Gasteiger partial charge in [-0.05, 0) is 49.2 Å². The molecular formula is C21H20ClN5O2. The maximum Gasteiger partial charge on any atom is 0.321 e. The summed E-state index contributed by atoms with van der Waals surface area (Å²) in [5.74, 6) is -0.367. The van der Waals surface area contributed by atoms with E-state index in [-0.39, 0.29) is 17.6 Å². The Morgan fingerprint density at radius 2 is 1.66 bits per heavy atom. The highest BCUT2D eigenvalue weighted by molar-refractivity contribution is 6.30. The molecule has 0 spiro atoms. The molecule has 148 valence electrons. The van der Waals surface area contributed by atoms with Gasteiger partial charge in [-0.1, -0.05) is 29.8 Å². The van der Waals surface area contributed by atoms with E-state index in [2.05, 4.69) is 15.7 Å². The van der Waals surface area contributed by atoms with Crippen LogP contribution in [-0.4, -0.2) is 39.7 Å². The number of anilines is 2. The Kier molecular flexibility index (Phi) is 5.48. The van der Waals surface area contributed by atoms with Gasteiger partial charge < -0.3 is 15.5 Å². The summed E-state index contributed by atoms with van der Waals surface area (Å²) in [6.07, 6.45) is 3.73. The molecule has 0 radical (unpaired) electrons. The lowest BCUT2D eigenvalue weighted by molar-refractivity contribution is 0.102. The number of para-hydroxylation sites is 2. The Bertz CT molecular complexity index is 1040. The van der Waals surface area contributed by atoms with Gasteiger partial charge in [0.2, 0.25) is 0 Å². The number of likely N-dealkylation sites (tertiary alicyclic amines) is 1. The number of aromatic nitrogens is 2. The molecule has 0 unspecified atom stereocenters. The van der Waals surface area contributed by atoms with Crippen LogP contribution in [0.15, 0.2) is 60.8 Å². The van der Waals surface area contributed by atoms with Crippen LogP contribution in [0.1, 0.15) is 23.3 Å². The van der Waals surface area contributed by atoms with Crippen molar-refractivity contribution in [1.29, 1.82) is 0 Å². The van der Waals surface area contributed by atoms with E-state index in [9.17, 15) is 9.59 Å². The Balaban J connectivity index is 1.48. The third-order valence-corrected chi connectivity index (χ3v) is 4.94. The molecule has 2 N–H and O–H groups in total. The average molecular weight is 410 g/mol. The van der Waals surface area contributed by atoms with Crippen LogP contribution >= 0.6 is 11.6 Å². The molecule has 1 saturated heterocycles. The van der Waals surface area contributed by atoms with Crippen LogP contribution in [0.2, 0.25) is 5.02 Å². The topological polar surface area (TPSA) is 79.3 Å². The molecule has 1 aliphatic heterocycles. The zero-order valence-corrected chi connectivity index (χ0v) is 16.4. The molecule has 8 heteroatoms. The summed E-state index contributed by atoms with van der Waals surface area (Å²) >= 11 is 6.02. The Morgan fingerprint density at radius 1 is 0.931 bits per heavy atom. The van der Waals surface area contributed by atoms with E-state index in [4.69, 9.17) is 11.6 Å². The second-order valence-electron chi connectivity index (χ2n) is 6.75. The van der Waals surface area contributed by atoms with Crippen LogP contribution in [0.5, 0.6) is 0 Å². The van der Waals surface area contributed by atoms with Crippen molar-refractivity contribution in [2.75, 3.05) is 23.7 Å². The fraction of sp³-hybridized carbons (Fsp3) is 0.190. The second kappa shape index (κ2) is 8.36. The fourth-order valence-corrected chi connectivity index (χ4v) is 3.39. The molecule has 29 heavy (non-hydrogen) atoms. The maximum absolute atomic E-state index is 12.7. The van der Waals surface area contributed by atoms with Gasteiger partial charge in [0.25, 0.3) is 5.91 Å². The first-order valence-electron chi connectivity index (χ1n) is 9.38. The number of rotatable bonds is 4. The van der Waals surface area contributed by atoms with Crippen molar-refractivity contribution in [3.8, 4) is 5.69 Å². The highest BCUT2D eigenvalue weighted by Crippen LogP contribution is 2.23. The SMILES string of the molecule is O=C(Nc1ccccc1NC(=O)N1CCCC1)c1ccn(-c2cccc(Cl)c2)n1. The largest absolute Gasteiger partial charge is 0.325 e. The summed E-state index contributed by atoms with van der Waals surface area (Å²) in [7, 11) is 0. The summed E-state index contributed by atoms with van der Waals surface area (Å²) in [4.78, 5) is 26.8. The average Bonchev–Trinajstić information content (AvgIpc) is 3.42. The summed E-state index contributed by atoms with van der Waals surface area (Å²) in [5, 5.41) is 10.6. The molecule has 1 aliphatic rings. The molecule has 1 aromatic heterocycles. The quantitative estimate of drug-likeness (QED) is 0.670. The lowest BCUT2D eigenvalue weighted by Crippen LogP contribution is -2.32. The summed E-state index contributed by atoms with van der Waals surface area (Å²) < 4.78 is 1.59. The van der Waals surface area contributed by atoms with Gasteiger partial charge in [0.05, 0.1) is 17.1 Å². The van der Waals surface area contributed by atoms with Crippen LogP contribution in [-0.2, 0) is 0 Å². The molecule has 7 nitrogen and oxygen atoms in total. The number of hydrogen-bond acceptors (Lipinski definition) is 3. The molecule has 2 aromatic carbocycles. The van der Waals surface area contributed by atoms with Gasteiger partial charge in [0, 0.05) is 24.3 Å². The number of nitrogens with zero attached hydrogens (tertiary/aromatic N) is 3. The van der Waals surface area contributed by atoms with E-state index in [1.807, 2.05) is 18.2 Å². The monoisotopic (exact) mass is 409 g/mol. The Hall–Kier alpha value is -3.32. The van der Waals surface area contributed by atoms with Gasteiger partial charge in [-0.15, -0.1) is 0 Å². The van der Waals surface area contributed by atoms with Crippen LogP contribution in [0.4, 0.5) is 16.2 Å². The van der Waals surface area contributed by atoms with Gasteiger partial charge in [-0.2, -0.15) is 5.10 Å². The smallest absolute Gasteiger partial charge is 0.321 e. The van der Waals surface area contributed by atoms with Crippen molar-refractivity contribution >= 4 is 34.9 Å². The van der Waals surface area contributed by atoms with Gasteiger partial charge in [-0.3, -0.25) is 4.79 Å². The van der Waals surface area contributed by atoms with Crippen molar-refractivity contribution in [3.05, 3.63) is 71.5 Å². The molecule has 0 aliphatic carbocycles. The first kappa shape index (κ1) is 19.0. The van der Waals surface area contributed by atoms with E-state index in [1.54, 1.807) is 52.2 Å². The van der Waals surface area contributed by atoms with Crippen LogP contribution in [0.3, 0.4) is 0 Å². The minimum absolute atomic E-state index is 0.158. The highest BCUT2D eigenvalue weighted by atomic mass is 35.5. The van der Waals surface area contributed by atoms with E-state index >= 15 is 0 Å². The number of amides is 3.